The number of fused-ring (bicyclic) bond motifs is 2. The van der Waals surface area contributed by atoms with E-state index < -0.39 is 11.8 Å². The first kappa shape index (κ1) is 24.8. The van der Waals surface area contributed by atoms with Crippen LogP contribution in [0.1, 0.15) is 34.1 Å². The second kappa shape index (κ2) is 10.3. The third-order valence-electron chi connectivity index (χ3n) is 7.00. The lowest BCUT2D eigenvalue weighted by Gasteiger charge is -2.17. The van der Waals surface area contributed by atoms with Crippen molar-refractivity contribution in [3.05, 3.63) is 116 Å². The van der Waals surface area contributed by atoms with E-state index in [1.54, 1.807) is 26.6 Å². The monoisotopic (exact) mass is 514 g/mol. The first-order chi connectivity index (χ1) is 18.4. The van der Waals surface area contributed by atoms with Crippen LogP contribution in [0, 0.1) is 20.2 Å². The molecule has 2 unspecified atom stereocenters. The standard InChI is InChI=1S/C28H26N4O6/c1-37-19-7-9-27-21(11-19)23(13-29-27)25(15-31(33)34)17-3-5-18(6-4-17)26(16-32(35)36)24-14-30-28-10-8-20(38-2)12-22(24)28/h3-14,25-26,29-30H,15-16H2,1-2H3. The summed E-state index contributed by atoms with van der Waals surface area (Å²) in [5.74, 6) is 0.274. The highest BCUT2D eigenvalue weighted by Crippen LogP contribution is 2.36. The van der Waals surface area contributed by atoms with E-state index >= 15 is 0 Å². The Morgan fingerprint density at radius 2 is 1.08 bits per heavy atom. The molecule has 0 amide bonds. The van der Waals surface area contributed by atoms with Crippen LogP contribution in [0.3, 0.4) is 0 Å². The first-order valence-corrected chi connectivity index (χ1v) is 12.0. The highest BCUT2D eigenvalue weighted by molar-refractivity contribution is 5.86. The minimum absolute atomic E-state index is 0.302. The van der Waals surface area contributed by atoms with E-state index in [1.807, 2.05) is 60.7 Å². The van der Waals surface area contributed by atoms with E-state index in [4.69, 9.17) is 9.47 Å². The smallest absolute Gasteiger partial charge is 0.214 e. The summed E-state index contributed by atoms with van der Waals surface area (Å²) in [5.41, 5.74) is 4.77. The number of nitrogens with zero attached hydrogens (tertiary/aromatic N) is 2. The zero-order chi connectivity index (χ0) is 26.8. The molecule has 5 aromatic rings. The summed E-state index contributed by atoms with van der Waals surface area (Å²) in [5, 5.41) is 25.0. The molecule has 38 heavy (non-hydrogen) atoms. The van der Waals surface area contributed by atoms with E-state index in [1.165, 1.54) is 0 Å². The summed E-state index contributed by atoms with van der Waals surface area (Å²) in [7, 11) is 3.15. The SMILES string of the molecule is COc1ccc2[nH]cc(C(C[N+](=O)[O-])c3ccc(C(C[N+](=O)[O-])c4c[nH]c5ccc(OC)cc45)cc3)c2c1. The normalized spacial score (nSPS) is 12.9. The fourth-order valence-corrected chi connectivity index (χ4v) is 5.10. The van der Waals surface area contributed by atoms with Crippen LogP contribution in [-0.2, 0) is 0 Å². The van der Waals surface area contributed by atoms with Gasteiger partial charge in [0.2, 0.25) is 13.1 Å². The topological polar surface area (TPSA) is 136 Å². The quantitative estimate of drug-likeness (QED) is 0.187. The molecular formula is C28H26N4O6. The number of nitrogens with one attached hydrogen (secondary N) is 2. The molecule has 0 aliphatic rings. The van der Waals surface area contributed by atoms with Gasteiger partial charge in [-0.05, 0) is 58.7 Å². The van der Waals surface area contributed by atoms with Crippen molar-refractivity contribution in [1.82, 2.24) is 9.97 Å². The molecule has 0 saturated heterocycles. The minimum atomic E-state index is -0.522. The highest BCUT2D eigenvalue weighted by atomic mass is 16.6. The molecule has 2 atom stereocenters. The number of methoxy groups -OCH3 is 2. The Morgan fingerprint density at radius 1 is 0.684 bits per heavy atom. The number of hydrogen-bond acceptors (Lipinski definition) is 6. The summed E-state index contributed by atoms with van der Waals surface area (Å²) in [6.45, 7) is -0.603. The number of rotatable bonds is 10. The van der Waals surface area contributed by atoms with Crippen molar-refractivity contribution in [3.8, 4) is 11.5 Å². The molecule has 0 saturated carbocycles. The lowest BCUT2D eigenvalue weighted by molar-refractivity contribution is -0.482. The Balaban J connectivity index is 1.55. The average molecular weight is 515 g/mol. The molecule has 2 heterocycles. The predicted molar refractivity (Wildman–Crippen MR) is 144 cm³/mol. The van der Waals surface area contributed by atoms with Gasteiger partial charge in [-0.3, -0.25) is 20.2 Å². The molecule has 3 aromatic carbocycles. The fraction of sp³-hybridized carbons (Fsp3) is 0.214. The van der Waals surface area contributed by atoms with Crippen LogP contribution in [0.5, 0.6) is 11.5 Å². The number of ether oxygens (including phenoxy) is 2. The van der Waals surface area contributed by atoms with E-state index in [9.17, 15) is 20.2 Å². The number of hydrogen-bond donors (Lipinski definition) is 2. The predicted octanol–water partition coefficient (Wildman–Crippen LogP) is 5.48. The van der Waals surface area contributed by atoms with Crippen LogP contribution in [0.4, 0.5) is 0 Å². The average Bonchev–Trinajstić information content (AvgIpc) is 3.53. The third-order valence-corrected chi connectivity index (χ3v) is 7.00. The van der Waals surface area contributed by atoms with Crippen molar-refractivity contribution >= 4 is 21.8 Å². The van der Waals surface area contributed by atoms with Crippen molar-refractivity contribution in [2.24, 2.45) is 0 Å². The largest absolute Gasteiger partial charge is 0.497 e. The molecular weight excluding hydrogens is 488 g/mol. The van der Waals surface area contributed by atoms with E-state index in [0.29, 0.717) is 11.5 Å². The van der Waals surface area contributed by atoms with Gasteiger partial charge >= 0.3 is 0 Å². The van der Waals surface area contributed by atoms with Gasteiger partial charge in [0.25, 0.3) is 0 Å². The number of H-pyrrole nitrogens is 2. The molecule has 10 heteroatoms. The van der Waals surface area contributed by atoms with E-state index in [0.717, 1.165) is 44.1 Å². The first-order valence-electron chi connectivity index (χ1n) is 12.0. The number of aromatic nitrogens is 2. The van der Waals surface area contributed by atoms with Crippen molar-refractivity contribution in [2.45, 2.75) is 11.8 Å². The molecule has 0 fully saturated rings. The van der Waals surface area contributed by atoms with Crippen molar-refractivity contribution in [1.29, 1.82) is 0 Å². The molecule has 0 spiro atoms. The fourth-order valence-electron chi connectivity index (χ4n) is 5.10. The number of nitro groups is 2. The summed E-state index contributed by atoms with van der Waals surface area (Å²) < 4.78 is 10.7. The van der Waals surface area contributed by atoms with Crippen molar-refractivity contribution < 1.29 is 19.3 Å². The Labute approximate surface area is 217 Å². The number of benzene rings is 3. The van der Waals surface area contributed by atoms with Crippen LogP contribution in [0.2, 0.25) is 0 Å². The van der Waals surface area contributed by atoms with Gasteiger partial charge in [-0.25, -0.2) is 0 Å². The maximum Gasteiger partial charge on any atom is 0.214 e. The zero-order valence-electron chi connectivity index (χ0n) is 20.8. The lowest BCUT2D eigenvalue weighted by atomic mass is 9.87. The molecule has 2 aromatic heterocycles. The minimum Gasteiger partial charge on any atom is -0.497 e. The Hall–Kier alpha value is -4.86. The lowest BCUT2D eigenvalue weighted by Crippen LogP contribution is -2.15. The van der Waals surface area contributed by atoms with Gasteiger partial charge in [0.1, 0.15) is 11.5 Å². The third kappa shape index (κ3) is 4.75. The molecule has 10 nitrogen and oxygen atoms in total. The van der Waals surface area contributed by atoms with Gasteiger partial charge in [0.15, 0.2) is 0 Å². The van der Waals surface area contributed by atoms with Gasteiger partial charge in [0.05, 0.1) is 26.1 Å². The molecule has 0 aliphatic carbocycles. The Kier molecular flexibility index (Phi) is 6.69. The van der Waals surface area contributed by atoms with Crippen LogP contribution < -0.4 is 9.47 Å². The van der Waals surface area contributed by atoms with Crippen LogP contribution in [0.25, 0.3) is 21.8 Å². The van der Waals surface area contributed by atoms with Crippen LogP contribution in [-0.4, -0.2) is 47.1 Å². The van der Waals surface area contributed by atoms with E-state index in [-0.39, 0.29) is 22.9 Å². The second-order valence-corrected chi connectivity index (χ2v) is 9.11. The van der Waals surface area contributed by atoms with Gasteiger partial charge < -0.3 is 19.4 Å². The highest BCUT2D eigenvalue weighted by Gasteiger charge is 2.27. The van der Waals surface area contributed by atoms with Crippen LogP contribution in [0.15, 0.2) is 73.1 Å². The number of aromatic amines is 2. The maximum absolute atomic E-state index is 11.6. The maximum atomic E-state index is 11.6. The van der Waals surface area contributed by atoms with Crippen molar-refractivity contribution in [2.75, 3.05) is 27.3 Å². The van der Waals surface area contributed by atoms with Crippen LogP contribution >= 0.6 is 0 Å². The Bertz CT molecular complexity index is 1500. The molecule has 0 aliphatic heterocycles. The van der Waals surface area contributed by atoms with Gasteiger partial charge in [-0.1, -0.05) is 24.3 Å². The molecule has 5 rings (SSSR count). The summed E-state index contributed by atoms with van der Waals surface area (Å²) >= 11 is 0. The van der Waals surface area contributed by atoms with Crippen molar-refractivity contribution in [3.63, 3.8) is 0 Å². The second-order valence-electron chi connectivity index (χ2n) is 9.11. The summed E-state index contributed by atoms with van der Waals surface area (Å²) in [4.78, 5) is 29.0. The van der Waals surface area contributed by atoms with Gasteiger partial charge in [0, 0.05) is 44.0 Å². The van der Waals surface area contributed by atoms with E-state index in [2.05, 4.69) is 9.97 Å². The Morgan fingerprint density at radius 3 is 1.42 bits per heavy atom. The summed E-state index contributed by atoms with van der Waals surface area (Å²) in [6.07, 6.45) is 3.59. The zero-order valence-corrected chi connectivity index (χ0v) is 20.8. The molecule has 0 radical (unpaired) electrons. The van der Waals surface area contributed by atoms with Gasteiger partial charge in [-0.2, -0.15) is 0 Å². The van der Waals surface area contributed by atoms with Gasteiger partial charge in [-0.15, -0.1) is 0 Å². The summed E-state index contributed by atoms with van der Waals surface area (Å²) in [6, 6.07) is 18.4. The molecule has 0 bridgehead atoms. The molecule has 2 N–H and O–H groups in total. The molecule has 194 valence electrons.